The fourth-order valence-corrected chi connectivity index (χ4v) is 3.93. The Morgan fingerprint density at radius 3 is 2.41 bits per heavy atom. The van der Waals surface area contributed by atoms with E-state index in [1.165, 1.54) is 5.56 Å². The molecule has 0 bridgehead atoms. The molecule has 166 valence electrons. The van der Waals surface area contributed by atoms with Gasteiger partial charge in [0.15, 0.2) is 0 Å². The Morgan fingerprint density at radius 1 is 0.875 bits per heavy atom. The summed E-state index contributed by atoms with van der Waals surface area (Å²) in [6.45, 7) is 6.23. The summed E-state index contributed by atoms with van der Waals surface area (Å²) >= 11 is 0. The number of amides is 1. The molecule has 3 aromatic carbocycles. The van der Waals surface area contributed by atoms with Gasteiger partial charge in [-0.1, -0.05) is 60.7 Å². The molecule has 0 spiro atoms. The Kier molecular flexibility index (Phi) is 7.54. The van der Waals surface area contributed by atoms with E-state index in [-0.39, 0.29) is 5.91 Å². The minimum absolute atomic E-state index is 0.0817. The highest BCUT2D eigenvalue weighted by atomic mass is 16.5. The number of carbonyl (C=O) groups excluding carboxylic acids is 1. The lowest BCUT2D eigenvalue weighted by Crippen LogP contribution is -2.43. The topological polar surface area (TPSA) is 44.8 Å². The van der Waals surface area contributed by atoms with Crippen LogP contribution in [0.1, 0.15) is 27.0 Å². The van der Waals surface area contributed by atoms with E-state index in [1.807, 2.05) is 54.6 Å². The molecule has 1 saturated heterocycles. The molecule has 5 nitrogen and oxygen atoms in total. The second kappa shape index (κ2) is 10.9. The van der Waals surface area contributed by atoms with Crippen LogP contribution in [0.25, 0.3) is 0 Å². The number of hydrogen-bond acceptors (Lipinski definition) is 4. The number of nitrogens with zero attached hydrogens (tertiary/aromatic N) is 2. The van der Waals surface area contributed by atoms with Crippen molar-refractivity contribution in [1.29, 1.82) is 0 Å². The molecule has 5 heteroatoms. The van der Waals surface area contributed by atoms with Crippen molar-refractivity contribution in [2.75, 3.05) is 33.2 Å². The lowest BCUT2D eigenvalue weighted by molar-refractivity contribution is 0.0948. The molecule has 0 aromatic heterocycles. The number of nitrogens with one attached hydrogen (secondary N) is 1. The van der Waals surface area contributed by atoms with Crippen molar-refractivity contribution in [2.45, 2.75) is 19.7 Å². The Hall–Kier alpha value is -3.15. The van der Waals surface area contributed by atoms with Crippen molar-refractivity contribution in [2.24, 2.45) is 0 Å². The predicted molar refractivity (Wildman–Crippen MR) is 128 cm³/mol. The number of carbonyl (C=O) groups is 1. The summed E-state index contributed by atoms with van der Waals surface area (Å²) < 4.78 is 5.85. The molecule has 0 radical (unpaired) electrons. The highest BCUT2D eigenvalue weighted by Crippen LogP contribution is 2.15. The zero-order valence-electron chi connectivity index (χ0n) is 18.7. The Balaban J connectivity index is 1.34. The molecule has 0 unspecified atom stereocenters. The number of rotatable bonds is 8. The first-order chi connectivity index (χ1) is 15.7. The molecule has 4 rings (SSSR count). The van der Waals surface area contributed by atoms with E-state index in [4.69, 9.17) is 4.74 Å². The van der Waals surface area contributed by atoms with Crippen LogP contribution in [0.15, 0.2) is 78.9 Å². The van der Waals surface area contributed by atoms with Gasteiger partial charge >= 0.3 is 0 Å². The quantitative estimate of drug-likeness (QED) is 0.589. The third kappa shape index (κ3) is 6.19. The number of ether oxygens (including phenoxy) is 1. The van der Waals surface area contributed by atoms with Crippen molar-refractivity contribution in [1.82, 2.24) is 15.1 Å². The molecular formula is C27H31N3O2. The summed E-state index contributed by atoms with van der Waals surface area (Å²) in [5, 5.41) is 3.08. The van der Waals surface area contributed by atoms with Crippen LogP contribution in [0.4, 0.5) is 0 Å². The lowest BCUT2D eigenvalue weighted by Gasteiger charge is -2.32. The minimum Gasteiger partial charge on any atom is -0.489 e. The standard InChI is InChI=1S/C27H31N3O2/c1-29-14-16-30(17-15-29)20-23-9-7-8-22(18-23)19-28-27(31)26-13-6-5-10-24(26)21-32-25-11-3-2-4-12-25/h2-13,18H,14-17,19-21H2,1H3,(H,28,31). The maximum Gasteiger partial charge on any atom is 0.251 e. The first kappa shape index (κ1) is 22.1. The van der Waals surface area contributed by atoms with Crippen molar-refractivity contribution < 1.29 is 9.53 Å². The average Bonchev–Trinajstić information content (AvgIpc) is 2.84. The van der Waals surface area contributed by atoms with Crippen LogP contribution in [-0.2, 0) is 19.7 Å². The number of piperazine rings is 1. The molecular weight excluding hydrogens is 398 g/mol. The second-order valence-electron chi connectivity index (χ2n) is 8.34. The highest BCUT2D eigenvalue weighted by molar-refractivity contribution is 5.95. The number of benzene rings is 3. The molecule has 32 heavy (non-hydrogen) atoms. The van der Waals surface area contributed by atoms with Gasteiger partial charge in [0, 0.05) is 50.4 Å². The van der Waals surface area contributed by atoms with Gasteiger partial charge in [0.05, 0.1) is 0 Å². The van der Waals surface area contributed by atoms with Crippen LogP contribution in [0.5, 0.6) is 5.75 Å². The van der Waals surface area contributed by atoms with Gasteiger partial charge in [-0.05, 0) is 36.4 Å². The Morgan fingerprint density at radius 2 is 1.59 bits per heavy atom. The summed E-state index contributed by atoms with van der Waals surface area (Å²) in [6, 6.07) is 25.8. The van der Waals surface area contributed by atoms with Crippen molar-refractivity contribution in [3.63, 3.8) is 0 Å². The average molecular weight is 430 g/mol. The highest BCUT2D eigenvalue weighted by Gasteiger charge is 2.14. The third-order valence-electron chi connectivity index (χ3n) is 5.85. The molecule has 3 aromatic rings. The fourth-order valence-electron chi connectivity index (χ4n) is 3.93. The van der Waals surface area contributed by atoms with Gasteiger partial charge in [-0.25, -0.2) is 0 Å². The van der Waals surface area contributed by atoms with Crippen LogP contribution in [0.3, 0.4) is 0 Å². The van der Waals surface area contributed by atoms with Gasteiger partial charge < -0.3 is 15.0 Å². The van der Waals surface area contributed by atoms with Gasteiger partial charge in [0.1, 0.15) is 12.4 Å². The molecule has 0 aliphatic carbocycles. The number of para-hydroxylation sites is 1. The first-order valence-electron chi connectivity index (χ1n) is 11.2. The fraction of sp³-hybridized carbons (Fsp3) is 0.296. The van der Waals surface area contributed by atoms with Crippen LogP contribution in [-0.4, -0.2) is 48.9 Å². The van der Waals surface area contributed by atoms with E-state index in [1.54, 1.807) is 0 Å². The molecule has 1 fully saturated rings. The number of hydrogen-bond donors (Lipinski definition) is 1. The van der Waals surface area contributed by atoms with E-state index >= 15 is 0 Å². The molecule has 1 aliphatic rings. The molecule has 1 aliphatic heterocycles. The predicted octanol–water partition coefficient (Wildman–Crippen LogP) is 3.94. The summed E-state index contributed by atoms with van der Waals surface area (Å²) in [5.74, 6) is 0.710. The van der Waals surface area contributed by atoms with Crippen molar-refractivity contribution in [3.05, 3.63) is 101 Å². The molecule has 1 N–H and O–H groups in total. The molecule has 0 saturated carbocycles. The maximum absolute atomic E-state index is 12.9. The van der Waals surface area contributed by atoms with Crippen LogP contribution in [0.2, 0.25) is 0 Å². The zero-order chi connectivity index (χ0) is 22.2. The summed E-state index contributed by atoms with van der Waals surface area (Å²) in [7, 11) is 2.17. The van der Waals surface area contributed by atoms with Gasteiger partial charge in [0.2, 0.25) is 0 Å². The van der Waals surface area contributed by atoms with E-state index in [0.29, 0.717) is 18.7 Å². The third-order valence-corrected chi connectivity index (χ3v) is 5.85. The maximum atomic E-state index is 12.9. The van der Waals surface area contributed by atoms with Crippen molar-refractivity contribution >= 4 is 5.91 Å². The normalized spacial score (nSPS) is 14.8. The monoisotopic (exact) mass is 429 g/mol. The second-order valence-corrected chi connectivity index (χ2v) is 8.34. The SMILES string of the molecule is CN1CCN(Cc2cccc(CNC(=O)c3ccccc3COc3ccccc3)c2)CC1. The van der Waals surface area contributed by atoms with E-state index < -0.39 is 0 Å². The van der Waals surface area contributed by atoms with Gasteiger partial charge in [-0.3, -0.25) is 9.69 Å². The Bertz CT molecular complexity index is 1010. The summed E-state index contributed by atoms with van der Waals surface area (Å²) in [4.78, 5) is 17.8. The Labute approximate surface area is 190 Å². The van der Waals surface area contributed by atoms with Gasteiger partial charge in [-0.15, -0.1) is 0 Å². The van der Waals surface area contributed by atoms with Crippen LogP contribution >= 0.6 is 0 Å². The van der Waals surface area contributed by atoms with E-state index in [2.05, 4.69) is 46.4 Å². The smallest absolute Gasteiger partial charge is 0.251 e. The van der Waals surface area contributed by atoms with Crippen LogP contribution in [0, 0.1) is 0 Å². The summed E-state index contributed by atoms with van der Waals surface area (Å²) in [6.07, 6.45) is 0. The largest absolute Gasteiger partial charge is 0.489 e. The molecule has 1 amide bonds. The van der Waals surface area contributed by atoms with Gasteiger partial charge in [0.25, 0.3) is 5.91 Å². The van der Waals surface area contributed by atoms with E-state index in [0.717, 1.165) is 49.6 Å². The van der Waals surface area contributed by atoms with Crippen molar-refractivity contribution in [3.8, 4) is 5.75 Å². The minimum atomic E-state index is -0.0817. The lowest BCUT2D eigenvalue weighted by atomic mass is 10.1. The molecule has 0 atom stereocenters. The zero-order valence-corrected chi connectivity index (χ0v) is 18.7. The summed E-state index contributed by atoms with van der Waals surface area (Å²) in [5.41, 5.74) is 3.93. The van der Waals surface area contributed by atoms with E-state index in [9.17, 15) is 4.79 Å². The number of likely N-dealkylation sites (N-methyl/N-ethyl adjacent to an activating group) is 1. The first-order valence-corrected chi connectivity index (χ1v) is 11.2. The van der Waals surface area contributed by atoms with Crippen LogP contribution < -0.4 is 10.1 Å². The molecule has 1 heterocycles. The van der Waals surface area contributed by atoms with Gasteiger partial charge in [-0.2, -0.15) is 0 Å².